The van der Waals surface area contributed by atoms with Gasteiger partial charge in [-0.25, -0.2) is 13.4 Å². The molecule has 1 aliphatic rings. The first-order chi connectivity index (χ1) is 11.0. The van der Waals surface area contributed by atoms with Gasteiger partial charge in [-0.05, 0) is 30.2 Å². The predicted octanol–water partition coefficient (Wildman–Crippen LogP) is 1.11. The third kappa shape index (κ3) is 3.95. The standard InChI is InChI=1S/C15H19N5O2S/c1-20(13-5-9-23(21,22)11-13)15-17-8-4-14(19-15)18-10-12-2-6-16-7-3-12/h2-4,6-8,13H,5,9-11H2,1H3,(H,17,18,19). The smallest absolute Gasteiger partial charge is 0.227 e. The Bertz CT molecular complexity index is 766. The molecule has 1 atom stereocenters. The Morgan fingerprint density at radius 3 is 2.74 bits per heavy atom. The van der Waals surface area contributed by atoms with Gasteiger partial charge in [0.05, 0.1) is 11.5 Å². The molecule has 23 heavy (non-hydrogen) atoms. The third-order valence-electron chi connectivity index (χ3n) is 3.94. The lowest BCUT2D eigenvalue weighted by Gasteiger charge is -2.23. The normalized spacial score (nSPS) is 19.4. The van der Waals surface area contributed by atoms with Gasteiger partial charge in [-0.15, -0.1) is 0 Å². The van der Waals surface area contributed by atoms with E-state index in [2.05, 4.69) is 20.3 Å². The Morgan fingerprint density at radius 1 is 1.26 bits per heavy atom. The molecule has 0 amide bonds. The van der Waals surface area contributed by atoms with Gasteiger partial charge in [-0.1, -0.05) is 0 Å². The van der Waals surface area contributed by atoms with Crippen LogP contribution < -0.4 is 10.2 Å². The molecule has 0 aromatic carbocycles. The summed E-state index contributed by atoms with van der Waals surface area (Å²) in [5.74, 6) is 1.65. The topological polar surface area (TPSA) is 88.1 Å². The molecule has 8 heteroatoms. The van der Waals surface area contributed by atoms with Crippen molar-refractivity contribution < 1.29 is 8.42 Å². The van der Waals surface area contributed by atoms with Crippen LogP contribution in [0.4, 0.5) is 11.8 Å². The lowest BCUT2D eigenvalue weighted by Crippen LogP contribution is -2.33. The van der Waals surface area contributed by atoms with Crippen LogP contribution in [0.5, 0.6) is 0 Å². The zero-order valence-corrected chi connectivity index (χ0v) is 13.7. The lowest BCUT2D eigenvalue weighted by atomic mass is 10.2. The van der Waals surface area contributed by atoms with Crippen LogP contribution in [-0.4, -0.2) is 48.0 Å². The number of aromatic nitrogens is 3. The molecule has 1 saturated heterocycles. The average Bonchev–Trinajstić information content (AvgIpc) is 2.93. The van der Waals surface area contributed by atoms with Crippen LogP contribution in [0, 0.1) is 0 Å². The molecule has 1 fully saturated rings. The molecule has 1 aliphatic heterocycles. The van der Waals surface area contributed by atoms with Crippen molar-refractivity contribution in [2.75, 3.05) is 28.8 Å². The number of rotatable bonds is 5. The van der Waals surface area contributed by atoms with E-state index in [1.807, 2.05) is 24.1 Å². The van der Waals surface area contributed by atoms with E-state index in [1.54, 1.807) is 24.7 Å². The molecule has 122 valence electrons. The maximum absolute atomic E-state index is 11.6. The highest BCUT2D eigenvalue weighted by atomic mass is 32.2. The van der Waals surface area contributed by atoms with Crippen molar-refractivity contribution >= 4 is 21.6 Å². The van der Waals surface area contributed by atoms with E-state index in [0.29, 0.717) is 24.7 Å². The van der Waals surface area contributed by atoms with Crippen molar-refractivity contribution in [2.24, 2.45) is 0 Å². The molecule has 3 heterocycles. The zero-order chi connectivity index (χ0) is 16.3. The van der Waals surface area contributed by atoms with Crippen LogP contribution in [0.1, 0.15) is 12.0 Å². The van der Waals surface area contributed by atoms with Crippen molar-refractivity contribution in [3.8, 4) is 0 Å². The second-order valence-corrected chi connectivity index (χ2v) is 7.85. The van der Waals surface area contributed by atoms with Gasteiger partial charge in [0.25, 0.3) is 0 Å². The molecular formula is C15H19N5O2S. The van der Waals surface area contributed by atoms with Crippen molar-refractivity contribution in [1.29, 1.82) is 0 Å². The summed E-state index contributed by atoms with van der Waals surface area (Å²) < 4.78 is 23.2. The second-order valence-electron chi connectivity index (χ2n) is 5.62. The lowest BCUT2D eigenvalue weighted by molar-refractivity contribution is 0.600. The summed E-state index contributed by atoms with van der Waals surface area (Å²) >= 11 is 0. The van der Waals surface area contributed by atoms with Gasteiger partial charge in [0.15, 0.2) is 9.84 Å². The number of anilines is 2. The fourth-order valence-corrected chi connectivity index (χ4v) is 4.33. The first kappa shape index (κ1) is 15.7. The predicted molar refractivity (Wildman–Crippen MR) is 89.1 cm³/mol. The van der Waals surface area contributed by atoms with Crippen LogP contribution in [0.15, 0.2) is 36.8 Å². The fraction of sp³-hybridized carbons (Fsp3) is 0.400. The molecule has 1 N–H and O–H groups in total. The van der Waals surface area contributed by atoms with E-state index in [1.165, 1.54) is 0 Å². The van der Waals surface area contributed by atoms with Crippen LogP contribution >= 0.6 is 0 Å². The Kier molecular flexibility index (Phi) is 4.42. The first-order valence-corrected chi connectivity index (χ1v) is 9.25. The minimum absolute atomic E-state index is 0.0598. The van der Waals surface area contributed by atoms with Gasteiger partial charge >= 0.3 is 0 Å². The quantitative estimate of drug-likeness (QED) is 0.876. The van der Waals surface area contributed by atoms with E-state index < -0.39 is 9.84 Å². The summed E-state index contributed by atoms with van der Waals surface area (Å²) in [6.07, 6.45) is 5.79. The van der Waals surface area contributed by atoms with E-state index in [4.69, 9.17) is 0 Å². The molecular weight excluding hydrogens is 314 g/mol. The average molecular weight is 333 g/mol. The first-order valence-electron chi connectivity index (χ1n) is 7.42. The molecule has 7 nitrogen and oxygen atoms in total. The van der Waals surface area contributed by atoms with Crippen molar-refractivity contribution in [1.82, 2.24) is 15.0 Å². The molecule has 2 aromatic rings. The molecule has 0 radical (unpaired) electrons. The maximum atomic E-state index is 11.6. The number of nitrogens with zero attached hydrogens (tertiary/aromatic N) is 4. The molecule has 0 spiro atoms. The largest absolute Gasteiger partial charge is 0.366 e. The van der Waals surface area contributed by atoms with Gasteiger partial charge in [-0.2, -0.15) is 4.98 Å². The Hall–Kier alpha value is -2.22. The van der Waals surface area contributed by atoms with E-state index >= 15 is 0 Å². The number of pyridine rings is 1. The van der Waals surface area contributed by atoms with Crippen molar-refractivity contribution in [2.45, 2.75) is 19.0 Å². The van der Waals surface area contributed by atoms with Crippen LogP contribution in [-0.2, 0) is 16.4 Å². The van der Waals surface area contributed by atoms with Gasteiger partial charge in [0, 0.05) is 38.2 Å². The van der Waals surface area contributed by atoms with Gasteiger partial charge in [0.1, 0.15) is 5.82 Å². The number of sulfone groups is 1. The van der Waals surface area contributed by atoms with Gasteiger partial charge < -0.3 is 10.2 Å². The van der Waals surface area contributed by atoms with Gasteiger partial charge in [-0.3, -0.25) is 4.98 Å². The SMILES string of the molecule is CN(c1nccc(NCc2ccncc2)n1)C1CCS(=O)(=O)C1. The molecule has 3 rings (SSSR count). The van der Waals surface area contributed by atoms with Crippen LogP contribution in [0.3, 0.4) is 0 Å². The summed E-state index contributed by atoms with van der Waals surface area (Å²) in [6, 6.07) is 5.61. The highest BCUT2D eigenvalue weighted by Gasteiger charge is 2.31. The number of hydrogen-bond acceptors (Lipinski definition) is 7. The molecule has 1 unspecified atom stereocenters. The minimum atomic E-state index is -2.92. The Labute approximate surface area is 135 Å². The monoisotopic (exact) mass is 333 g/mol. The summed E-state index contributed by atoms with van der Waals surface area (Å²) in [5.41, 5.74) is 1.11. The van der Waals surface area contributed by atoms with Crippen molar-refractivity contribution in [3.63, 3.8) is 0 Å². The highest BCUT2D eigenvalue weighted by Crippen LogP contribution is 2.21. The second kappa shape index (κ2) is 6.49. The molecule has 0 aliphatic carbocycles. The Morgan fingerprint density at radius 2 is 2.04 bits per heavy atom. The summed E-state index contributed by atoms with van der Waals surface area (Å²) in [5, 5.41) is 3.24. The fourth-order valence-electron chi connectivity index (χ4n) is 2.55. The zero-order valence-electron chi connectivity index (χ0n) is 12.9. The van der Waals surface area contributed by atoms with Crippen LogP contribution in [0.2, 0.25) is 0 Å². The molecule has 0 bridgehead atoms. The summed E-state index contributed by atoms with van der Waals surface area (Å²) in [7, 11) is -1.08. The molecule has 2 aromatic heterocycles. The van der Waals surface area contributed by atoms with E-state index in [9.17, 15) is 8.42 Å². The third-order valence-corrected chi connectivity index (χ3v) is 5.69. The summed E-state index contributed by atoms with van der Waals surface area (Å²) in [4.78, 5) is 14.6. The van der Waals surface area contributed by atoms with E-state index in [0.717, 1.165) is 5.56 Å². The number of nitrogens with one attached hydrogen (secondary N) is 1. The van der Waals surface area contributed by atoms with Crippen LogP contribution in [0.25, 0.3) is 0 Å². The van der Waals surface area contributed by atoms with E-state index in [-0.39, 0.29) is 17.5 Å². The van der Waals surface area contributed by atoms with Crippen molar-refractivity contribution in [3.05, 3.63) is 42.4 Å². The summed E-state index contributed by atoms with van der Waals surface area (Å²) in [6.45, 7) is 0.639. The van der Waals surface area contributed by atoms with Gasteiger partial charge in [0.2, 0.25) is 5.95 Å². The number of hydrogen-bond donors (Lipinski definition) is 1. The maximum Gasteiger partial charge on any atom is 0.227 e. The minimum Gasteiger partial charge on any atom is -0.366 e. The Balaban J connectivity index is 1.67. The molecule has 0 saturated carbocycles. The highest BCUT2D eigenvalue weighted by molar-refractivity contribution is 7.91.